The fraction of sp³-hybridized carbons (Fsp3) is 0.258. The molecule has 2 amide bonds. The Balaban J connectivity index is 1.65. The van der Waals surface area contributed by atoms with E-state index in [0.29, 0.717) is 16.8 Å². The molecular formula is C31H32N6O2. The van der Waals surface area contributed by atoms with Crippen LogP contribution in [0.1, 0.15) is 44.4 Å². The van der Waals surface area contributed by atoms with Gasteiger partial charge in [0.25, 0.3) is 0 Å². The molecule has 8 heteroatoms. The Bertz CT molecular complexity index is 1660. The van der Waals surface area contributed by atoms with Crippen LogP contribution in [0, 0.1) is 6.92 Å². The molecule has 0 radical (unpaired) electrons. The molecule has 0 unspecified atom stereocenters. The van der Waals surface area contributed by atoms with Gasteiger partial charge in [-0.1, -0.05) is 48.5 Å². The normalized spacial score (nSPS) is 12.4. The first-order valence-corrected chi connectivity index (χ1v) is 13.1. The first-order chi connectivity index (χ1) is 18.8. The zero-order valence-corrected chi connectivity index (χ0v) is 22.6. The summed E-state index contributed by atoms with van der Waals surface area (Å²) in [6.07, 6.45) is 2.47. The van der Waals surface area contributed by atoms with Gasteiger partial charge in [0, 0.05) is 22.8 Å². The van der Waals surface area contributed by atoms with Crippen molar-refractivity contribution < 1.29 is 9.59 Å². The molecule has 5 aromatic rings. The van der Waals surface area contributed by atoms with Crippen molar-refractivity contribution in [3.8, 4) is 0 Å². The van der Waals surface area contributed by atoms with Crippen molar-refractivity contribution in [3.63, 3.8) is 0 Å². The average Bonchev–Trinajstić information content (AvgIpc) is 3.33. The summed E-state index contributed by atoms with van der Waals surface area (Å²) >= 11 is 0. The maximum atomic E-state index is 14.2. The molecule has 8 nitrogen and oxygen atoms in total. The molecule has 1 atom stereocenters. The predicted octanol–water partition coefficient (Wildman–Crippen LogP) is 5.37. The third-order valence-corrected chi connectivity index (χ3v) is 7.05. The molecule has 0 bridgehead atoms. The Kier molecular flexibility index (Phi) is 7.11. The van der Waals surface area contributed by atoms with Gasteiger partial charge in [-0.15, -0.1) is 5.10 Å². The van der Waals surface area contributed by atoms with Gasteiger partial charge >= 0.3 is 0 Å². The summed E-state index contributed by atoms with van der Waals surface area (Å²) in [5.41, 5.74) is 4.11. The van der Waals surface area contributed by atoms with Gasteiger partial charge in [-0.2, -0.15) is 0 Å². The number of rotatable bonds is 8. The number of aryl methyl sites for hydroxylation is 1. The molecule has 0 saturated heterocycles. The Morgan fingerprint density at radius 1 is 0.974 bits per heavy atom. The molecule has 3 aromatic carbocycles. The van der Waals surface area contributed by atoms with Gasteiger partial charge in [-0.25, -0.2) is 4.68 Å². The van der Waals surface area contributed by atoms with E-state index in [1.807, 2.05) is 107 Å². The lowest BCUT2D eigenvalue weighted by atomic mass is 9.97. The van der Waals surface area contributed by atoms with Crippen LogP contribution in [-0.2, 0) is 16.1 Å². The number of pyridine rings is 1. The lowest BCUT2D eigenvalue weighted by Gasteiger charge is -2.35. The summed E-state index contributed by atoms with van der Waals surface area (Å²) in [5.74, 6) is -0.541. The standard InChI is InChI=1S/C31H32N6O2/c1-5-31(3,4)33-30(39)29(23-15-16-25-22(19-23)11-9-17-32-25)37(24-12-8-10-21(2)18-24)28(38)20-36-27-14-7-6-13-26(27)34-35-36/h6-19,29H,5,20H2,1-4H3,(H,33,39)/t29-/m0/s1. The highest BCUT2D eigenvalue weighted by Crippen LogP contribution is 2.31. The molecule has 0 spiro atoms. The van der Waals surface area contributed by atoms with Crippen LogP contribution in [0.25, 0.3) is 21.9 Å². The summed E-state index contributed by atoms with van der Waals surface area (Å²) in [6.45, 7) is 7.87. The minimum absolute atomic E-state index is 0.0788. The molecule has 2 aromatic heterocycles. The second kappa shape index (κ2) is 10.6. The van der Waals surface area contributed by atoms with E-state index in [-0.39, 0.29) is 18.4 Å². The number of para-hydroxylation sites is 1. The average molecular weight is 521 g/mol. The molecule has 0 saturated carbocycles. The van der Waals surface area contributed by atoms with Crippen LogP contribution in [0.3, 0.4) is 0 Å². The first-order valence-electron chi connectivity index (χ1n) is 13.1. The van der Waals surface area contributed by atoms with Crippen LogP contribution >= 0.6 is 0 Å². The molecule has 0 aliphatic rings. The fourth-order valence-electron chi connectivity index (χ4n) is 4.63. The highest BCUT2D eigenvalue weighted by atomic mass is 16.2. The van der Waals surface area contributed by atoms with E-state index in [4.69, 9.17) is 0 Å². The van der Waals surface area contributed by atoms with Crippen LogP contribution in [0.5, 0.6) is 0 Å². The number of aromatic nitrogens is 4. The molecular weight excluding hydrogens is 488 g/mol. The summed E-state index contributed by atoms with van der Waals surface area (Å²) in [6, 6.07) is 23.7. The highest BCUT2D eigenvalue weighted by Gasteiger charge is 2.35. The van der Waals surface area contributed by atoms with Gasteiger partial charge in [0.15, 0.2) is 0 Å². The van der Waals surface area contributed by atoms with Crippen molar-refractivity contribution in [1.82, 2.24) is 25.3 Å². The molecule has 2 heterocycles. The lowest BCUT2D eigenvalue weighted by Crippen LogP contribution is -2.51. The van der Waals surface area contributed by atoms with E-state index >= 15 is 0 Å². The van der Waals surface area contributed by atoms with Crippen molar-refractivity contribution in [2.45, 2.75) is 52.2 Å². The number of benzene rings is 3. The molecule has 0 aliphatic heterocycles. The molecule has 39 heavy (non-hydrogen) atoms. The summed E-state index contributed by atoms with van der Waals surface area (Å²) in [4.78, 5) is 34.4. The third kappa shape index (κ3) is 5.50. The zero-order valence-electron chi connectivity index (χ0n) is 22.6. The topological polar surface area (TPSA) is 93.0 Å². The van der Waals surface area contributed by atoms with Crippen molar-refractivity contribution in [1.29, 1.82) is 0 Å². The van der Waals surface area contributed by atoms with E-state index in [2.05, 4.69) is 20.6 Å². The molecule has 0 fully saturated rings. The monoisotopic (exact) mass is 520 g/mol. The first kappa shape index (κ1) is 26.0. The number of fused-ring (bicyclic) bond motifs is 2. The smallest absolute Gasteiger partial charge is 0.249 e. The van der Waals surface area contributed by atoms with E-state index in [1.54, 1.807) is 15.8 Å². The van der Waals surface area contributed by atoms with Gasteiger partial charge in [0.2, 0.25) is 11.8 Å². The van der Waals surface area contributed by atoms with Crippen molar-refractivity contribution in [3.05, 3.63) is 96.2 Å². The van der Waals surface area contributed by atoms with E-state index in [9.17, 15) is 9.59 Å². The number of hydrogen-bond acceptors (Lipinski definition) is 5. The van der Waals surface area contributed by atoms with Gasteiger partial charge < -0.3 is 5.32 Å². The van der Waals surface area contributed by atoms with Gasteiger partial charge in [0.1, 0.15) is 18.1 Å². The summed E-state index contributed by atoms with van der Waals surface area (Å²) in [5, 5.41) is 12.5. The third-order valence-electron chi connectivity index (χ3n) is 7.05. The van der Waals surface area contributed by atoms with Crippen molar-refractivity contribution in [2.24, 2.45) is 0 Å². The number of nitrogens with one attached hydrogen (secondary N) is 1. The second-order valence-electron chi connectivity index (χ2n) is 10.4. The number of carbonyl (C=O) groups excluding carboxylic acids is 2. The van der Waals surface area contributed by atoms with Crippen molar-refractivity contribution >= 4 is 39.4 Å². The van der Waals surface area contributed by atoms with Crippen LogP contribution in [0.15, 0.2) is 85.1 Å². The van der Waals surface area contributed by atoms with E-state index < -0.39 is 11.6 Å². The van der Waals surface area contributed by atoms with Gasteiger partial charge in [0.05, 0.1) is 11.0 Å². The number of hydrogen-bond donors (Lipinski definition) is 1. The fourth-order valence-corrected chi connectivity index (χ4v) is 4.63. The zero-order chi connectivity index (χ0) is 27.6. The van der Waals surface area contributed by atoms with Crippen LogP contribution in [0.4, 0.5) is 5.69 Å². The van der Waals surface area contributed by atoms with Crippen LogP contribution in [-0.4, -0.2) is 37.3 Å². The molecule has 1 N–H and O–H groups in total. The molecule has 198 valence electrons. The quantitative estimate of drug-likeness (QED) is 0.297. The molecule has 5 rings (SSSR count). The Labute approximate surface area is 227 Å². The Hall–Kier alpha value is -4.59. The number of carbonyl (C=O) groups is 2. The van der Waals surface area contributed by atoms with Crippen molar-refractivity contribution in [2.75, 3.05) is 4.90 Å². The largest absolute Gasteiger partial charge is 0.349 e. The highest BCUT2D eigenvalue weighted by molar-refractivity contribution is 6.02. The second-order valence-corrected chi connectivity index (χ2v) is 10.4. The summed E-state index contributed by atoms with van der Waals surface area (Å²) in [7, 11) is 0. The predicted molar refractivity (Wildman–Crippen MR) is 153 cm³/mol. The minimum Gasteiger partial charge on any atom is -0.349 e. The number of anilines is 1. The summed E-state index contributed by atoms with van der Waals surface area (Å²) < 4.78 is 1.58. The van der Waals surface area contributed by atoms with Crippen LogP contribution < -0.4 is 10.2 Å². The molecule has 0 aliphatic carbocycles. The Morgan fingerprint density at radius 3 is 2.59 bits per heavy atom. The number of nitrogens with zero attached hydrogens (tertiary/aromatic N) is 5. The SMILES string of the molecule is CCC(C)(C)NC(=O)[C@H](c1ccc2ncccc2c1)N(C(=O)Cn1nnc2ccccc21)c1cccc(C)c1. The van der Waals surface area contributed by atoms with Crippen LogP contribution in [0.2, 0.25) is 0 Å². The number of amides is 2. The maximum absolute atomic E-state index is 14.2. The van der Waals surface area contributed by atoms with E-state index in [0.717, 1.165) is 28.4 Å². The lowest BCUT2D eigenvalue weighted by molar-refractivity contribution is -0.128. The Morgan fingerprint density at radius 2 is 1.79 bits per heavy atom. The van der Waals surface area contributed by atoms with E-state index in [1.165, 1.54) is 0 Å². The maximum Gasteiger partial charge on any atom is 0.249 e. The van der Waals surface area contributed by atoms with Gasteiger partial charge in [-0.05, 0) is 80.8 Å². The minimum atomic E-state index is -0.926. The van der Waals surface area contributed by atoms with Gasteiger partial charge in [-0.3, -0.25) is 19.5 Å².